The summed E-state index contributed by atoms with van der Waals surface area (Å²) in [6.45, 7) is 0.105. The molecule has 0 saturated carbocycles. The maximum atomic E-state index is 15.0. The zero-order valence-corrected chi connectivity index (χ0v) is 21.6. The summed E-state index contributed by atoms with van der Waals surface area (Å²) in [4.78, 5) is 54.7. The van der Waals surface area contributed by atoms with Gasteiger partial charge in [0.05, 0.1) is 27.5 Å². The third-order valence-electron chi connectivity index (χ3n) is 5.76. The summed E-state index contributed by atoms with van der Waals surface area (Å²) >= 11 is 11.8. The molecule has 39 heavy (non-hydrogen) atoms. The lowest BCUT2D eigenvalue weighted by atomic mass is 10.1. The van der Waals surface area contributed by atoms with Gasteiger partial charge in [0.2, 0.25) is 11.7 Å². The van der Waals surface area contributed by atoms with Crippen LogP contribution in [0.4, 0.5) is 25.5 Å². The number of rotatable bonds is 6. The molecule has 2 atom stereocenters. The number of anilines is 2. The van der Waals surface area contributed by atoms with Crippen molar-refractivity contribution < 1.29 is 33.4 Å². The molecule has 3 aromatic rings. The van der Waals surface area contributed by atoms with Crippen LogP contribution in [-0.4, -0.2) is 63.5 Å². The van der Waals surface area contributed by atoms with Crippen LogP contribution in [0.2, 0.25) is 10.0 Å². The predicted octanol–water partition coefficient (Wildman–Crippen LogP) is 4.00. The number of amides is 3. The summed E-state index contributed by atoms with van der Waals surface area (Å²) < 4.78 is 25.7. The van der Waals surface area contributed by atoms with E-state index in [1.54, 1.807) is 6.07 Å². The summed E-state index contributed by atoms with van der Waals surface area (Å²) in [5, 5.41) is 14.2. The number of carbonyl (C=O) groups excluding carboxylic acids is 2. The molecule has 12 nitrogen and oxygen atoms in total. The highest BCUT2D eigenvalue weighted by atomic mass is 35.5. The molecule has 3 N–H and O–H groups in total. The average Bonchev–Trinajstić information content (AvgIpc) is 3.33. The van der Waals surface area contributed by atoms with Crippen molar-refractivity contribution in [3.63, 3.8) is 0 Å². The fourth-order valence-electron chi connectivity index (χ4n) is 3.93. The fourth-order valence-corrected chi connectivity index (χ4v) is 4.24. The number of nitrogens with zero attached hydrogens (tertiary/aromatic N) is 3. The Bertz CT molecular complexity index is 1480. The fraction of sp³-hybridized carbons (Fsp3) is 0.208. The zero-order valence-electron chi connectivity index (χ0n) is 20.1. The Morgan fingerprint density at radius 3 is 2.54 bits per heavy atom. The van der Waals surface area contributed by atoms with Crippen LogP contribution in [0.3, 0.4) is 0 Å². The minimum atomic E-state index is -1.72. The van der Waals surface area contributed by atoms with Gasteiger partial charge >= 0.3 is 12.2 Å². The molecule has 1 aliphatic heterocycles. The van der Waals surface area contributed by atoms with E-state index < -0.39 is 47.4 Å². The van der Waals surface area contributed by atoms with Gasteiger partial charge in [0, 0.05) is 44.6 Å². The number of halogens is 3. The Kier molecular flexibility index (Phi) is 8.33. The molecular formula is C24H20Cl2FN5O7. The molecule has 1 aliphatic rings. The number of carboxylic acid groups (broad SMARTS) is 1. The second kappa shape index (κ2) is 11.7. The number of hydrogen-bond acceptors (Lipinski definition) is 7. The number of urea groups is 1. The number of hydrogen-bond donors (Lipinski definition) is 3. The summed E-state index contributed by atoms with van der Waals surface area (Å²) in [5.74, 6) is -1.93. The minimum absolute atomic E-state index is 0.00924. The molecule has 1 fully saturated rings. The monoisotopic (exact) mass is 579 g/mol. The summed E-state index contributed by atoms with van der Waals surface area (Å²) in [7, 11) is 1.45. The number of likely N-dealkylation sites (tertiary alicyclic amines) is 1. The molecule has 0 spiro atoms. The van der Waals surface area contributed by atoms with Crippen LogP contribution in [0.5, 0.6) is 5.75 Å². The lowest BCUT2D eigenvalue weighted by Gasteiger charge is -2.24. The molecule has 15 heteroatoms. The smallest absolute Gasteiger partial charge is 0.449 e. The van der Waals surface area contributed by atoms with E-state index in [1.165, 1.54) is 36.4 Å². The molecular weight excluding hydrogens is 560 g/mol. The summed E-state index contributed by atoms with van der Waals surface area (Å²) in [6.07, 6.45) is 0.510. The summed E-state index contributed by atoms with van der Waals surface area (Å²) in [5.41, 5.74) is -1.13. The Balaban J connectivity index is 1.53. The van der Waals surface area contributed by atoms with E-state index in [9.17, 15) is 19.2 Å². The standard InChI is InChI=1S/C24H20Cl2FN5O7/c1-38-15-8-18(32(11-15)23(35)30-20-5-2-12(25)9-28-20)21(33)29-17-4-3-14(7-16(17)27)31-10-13(26)6-19(22(31)34)39-24(36)37/h2-7,9-10,15,18H,8,11H2,1H3,(H,29,33)(H,36,37)(H,28,30,35)/t15-,18-/m1/s1. The summed E-state index contributed by atoms with van der Waals surface area (Å²) in [6, 6.07) is 5.91. The van der Waals surface area contributed by atoms with Gasteiger partial charge in [-0.05, 0) is 24.3 Å². The maximum absolute atomic E-state index is 15.0. The minimum Gasteiger partial charge on any atom is -0.449 e. The van der Waals surface area contributed by atoms with Gasteiger partial charge in [0.1, 0.15) is 17.7 Å². The predicted molar refractivity (Wildman–Crippen MR) is 138 cm³/mol. The van der Waals surface area contributed by atoms with Crippen LogP contribution in [0, 0.1) is 5.82 Å². The van der Waals surface area contributed by atoms with Crippen molar-refractivity contribution >= 4 is 52.8 Å². The van der Waals surface area contributed by atoms with Crippen molar-refractivity contribution in [2.75, 3.05) is 24.3 Å². The molecule has 1 aromatic carbocycles. The molecule has 3 amide bonds. The number of methoxy groups -OCH3 is 1. The number of aromatic nitrogens is 2. The maximum Gasteiger partial charge on any atom is 0.511 e. The number of carbonyl (C=O) groups is 3. The van der Waals surface area contributed by atoms with E-state index in [1.807, 2.05) is 0 Å². The van der Waals surface area contributed by atoms with E-state index in [-0.39, 0.29) is 35.2 Å². The second-order valence-electron chi connectivity index (χ2n) is 8.27. The van der Waals surface area contributed by atoms with E-state index in [0.717, 1.165) is 22.9 Å². The first kappa shape index (κ1) is 27.8. The van der Waals surface area contributed by atoms with E-state index in [0.29, 0.717) is 5.02 Å². The second-order valence-corrected chi connectivity index (χ2v) is 9.15. The molecule has 204 valence electrons. The molecule has 0 radical (unpaired) electrons. The third-order valence-corrected chi connectivity index (χ3v) is 6.19. The van der Waals surface area contributed by atoms with Crippen LogP contribution >= 0.6 is 23.2 Å². The first-order chi connectivity index (χ1) is 18.5. The SMILES string of the molecule is CO[C@@H]1C[C@H](C(=O)Nc2ccc(-n3cc(Cl)cc(OC(=O)O)c3=O)cc2F)N(C(=O)Nc2ccc(Cl)cn2)C1. The molecule has 0 aliphatic carbocycles. The number of benzene rings is 1. The van der Waals surface area contributed by atoms with Crippen LogP contribution in [0.1, 0.15) is 6.42 Å². The van der Waals surface area contributed by atoms with Crippen LogP contribution in [0.25, 0.3) is 5.69 Å². The van der Waals surface area contributed by atoms with Crippen LogP contribution in [0.15, 0.2) is 53.6 Å². The Hall–Kier alpha value is -4.20. The normalized spacial score (nSPS) is 16.6. The van der Waals surface area contributed by atoms with Crippen LogP contribution in [-0.2, 0) is 9.53 Å². The largest absolute Gasteiger partial charge is 0.511 e. The molecule has 2 aromatic heterocycles. The average molecular weight is 580 g/mol. The molecule has 0 unspecified atom stereocenters. The Labute approximate surface area is 229 Å². The van der Waals surface area contributed by atoms with Crippen molar-refractivity contribution in [2.24, 2.45) is 0 Å². The van der Waals surface area contributed by atoms with E-state index in [4.69, 9.17) is 33.0 Å². The van der Waals surface area contributed by atoms with Crippen molar-refractivity contribution in [3.8, 4) is 11.4 Å². The van der Waals surface area contributed by atoms with E-state index in [2.05, 4.69) is 20.4 Å². The quantitative estimate of drug-likeness (QED) is 0.370. The highest BCUT2D eigenvalue weighted by molar-refractivity contribution is 6.30. The first-order valence-electron chi connectivity index (χ1n) is 11.2. The molecule has 4 rings (SSSR count). The number of ether oxygens (including phenoxy) is 2. The number of pyridine rings is 2. The van der Waals surface area contributed by atoms with Gasteiger partial charge in [0.15, 0.2) is 0 Å². The van der Waals surface area contributed by atoms with Gasteiger partial charge in [-0.1, -0.05) is 23.2 Å². The lowest BCUT2D eigenvalue weighted by molar-refractivity contribution is -0.119. The highest BCUT2D eigenvalue weighted by Crippen LogP contribution is 2.25. The zero-order chi connectivity index (χ0) is 28.3. The van der Waals surface area contributed by atoms with E-state index >= 15 is 4.39 Å². The molecule has 0 bridgehead atoms. The Morgan fingerprint density at radius 2 is 1.90 bits per heavy atom. The first-order valence-corrected chi connectivity index (χ1v) is 12.0. The van der Waals surface area contributed by atoms with Gasteiger partial charge in [0.25, 0.3) is 5.56 Å². The topological polar surface area (TPSA) is 152 Å². The van der Waals surface area contributed by atoms with Crippen LogP contribution < -0.4 is 20.9 Å². The number of nitrogens with one attached hydrogen (secondary N) is 2. The van der Waals surface area contributed by atoms with Gasteiger partial charge in [-0.3, -0.25) is 19.5 Å². The molecule has 3 heterocycles. The lowest BCUT2D eigenvalue weighted by Crippen LogP contribution is -2.45. The van der Waals surface area contributed by atoms with Crippen molar-refractivity contribution in [1.82, 2.24) is 14.5 Å². The van der Waals surface area contributed by atoms with Gasteiger partial charge in [-0.25, -0.2) is 19.0 Å². The van der Waals surface area contributed by atoms with Gasteiger partial charge < -0.3 is 24.8 Å². The van der Waals surface area contributed by atoms with Crippen molar-refractivity contribution in [2.45, 2.75) is 18.6 Å². The van der Waals surface area contributed by atoms with Gasteiger partial charge in [-0.15, -0.1) is 0 Å². The van der Waals surface area contributed by atoms with Crippen molar-refractivity contribution in [3.05, 3.63) is 75.0 Å². The van der Waals surface area contributed by atoms with Gasteiger partial charge in [-0.2, -0.15) is 0 Å². The van der Waals surface area contributed by atoms with Crippen molar-refractivity contribution in [1.29, 1.82) is 0 Å². The highest BCUT2D eigenvalue weighted by Gasteiger charge is 2.40. The third kappa shape index (κ3) is 6.45. The molecule has 1 saturated heterocycles. The Morgan fingerprint density at radius 1 is 1.13 bits per heavy atom.